The number of rotatable bonds is 5. The zero-order chi connectivity index (χ0) is 12.2. The van der Waals surface area contributed by atoms with Crippen molar-refractivity contribution in [1.82, 2.24) is 4.72 Å². The van der Waals surface area contributed by atoms with E-state index in [1.807, 2.05) is 4.72 Å². The molecule has 0 unspecified atom stereocenters. The Morgan fingerprint density at radius 1 is 1.31 bits per heavy atom. The lowest BCUT2D eigenvalue weighted by Gasteiger charge is -2.02. The van der Waals surface area contributed by atoms with Gasteiger partial charge < -0.3 is 4.79 Å². The number of hydrogen-bond donors (Lipinski definition) is 1. The first-order valence-corrected chi connectivity index (χ1v) is 5.63. The molecule has 0 saturated carbocycles. The first-order valence-electron chi connectivity index (χ1n) is 4.15. The lowest BCUT2D eigenvalue weighted by molar-refractivity contribution is -0.384. The fourth-order valence-electron chi connectivity index (χ4n) is 0.974. The first-order chi connectivity index (χ1) is 7.47. The molecule has 0 aromatic heterocycles. The number of sulfonamides is 1. The Bertz CT molecular complexity index is 494. The van der Waals surface area contributed by atoms with Crippen molar-refractivity contribution in [3.63, 3.8) is 0 Å². The number of non-ortho nitro benzene ring substituents is 1. The maximum atomic E-state index is 11.4. The second-order valence-electron chi connectivity index (χ2n) is 2.77. The van der Waals surface area contributed by atoms with Crippen LogP contribution in [-0.2, 0) is 14.8 Å². The molecule has 0 bridgehead atoms. The highest BCUT2D eigenvalue weighted by atomic mass is 32.2. The number of nitro benzene ring substituents is 1. The summed E-state index contributed by atoms with van der Waals surface area (Å²) in [6.45, 7) is -0.334. The van der Waals surface area contributed by atoms with Crippen LogP contribution in [0.5, 0.6) is 0 Å². The van der Waals surface area contributed by atoms with Crippen LogP contribution in [0.25, 0.3) is 0 Å². The van der Waals surface area contributed by atoms with Gasteiger partial charge in [0.25, 0.3) is 5.69 Å². The van der Waals surface area contributed by atoms with E-state index < -0.39 is 14.9 Å². The molecule has 0 spiro atoms. The molecule has 0 saturated heterocycles. The molecule has 1 N–H and O–H groups in total. The molecule has 16 heavy (non-hydrogen) atoms. The zero-order valence-corrected chi connectivity index (χ0v) is 8.81. The number of carbonyl (C=O) groups is 1. The number of benzene rings is 1. The fraction of sp³-hybridized carbons (Fsp3) is 0.125. The van der Waals surface area contributed by atoms with E-state index in [2.05, 4.69) is 0 Å². The quantitative estimate of drug-likeness (QED) is 0.448. The number of aldehydes is 1. The van der Waals surface area contributed by atoms with Crippen LogP contribution in [0.3, 0.4) is 0 Å². The molecule has 0 aliphatic rings. The molecule has 0 aliphatic carbocycles. The number of hydrogen-bond acceptors (Lipinski definition) is 5. The fourth-order valence-corrected chi connectivity index (χ4v) is 1.92. The Labute approximate surface area is 91.3 Å². The van der Waals surface area contributed by atoms with E-state index >= 15 is 0 Å². The van der Waals surface area contributed by atoms with Crippen molar-refractivity contribution in [3.05, 3.63) is 34.4 Å². The molecular formula is C8H8N2O5S. The lowest BCUT2D eigenvalue weighted by atomic mass is 10.3. The lowest BCUT2D eigenvalue weighted by Crippen LogP contribution is -2.25. The molecule has 0 atom stereocenters. The SMILES string of the molecule is O=CCNS(=O)(=O)c1ccc([N+](=O)[O-])cc1. The molecule has 8 heteroatoms. The van der Waals surface area contributed by atoms with Crippen molar-refractivity contribution in [3.8, 4) is 0 Å². The molecule has 1 aromatic carbocycles. The number of nitrogens with zero attached hydrogens (tertiary/aromatic N) is 1. The third-order valence-electron chi connectivity index (χ3n) is 1.71. The first kappa shape index (κ1) is 12.3. The van der Waals surface area contributed by atoms with Gasteiger partial charge in [0.1, 0.15) is 6.29 Å². The van der Waals surface area contributed by atoms with Crippen LogP contribution in [0.2, 0.25) is 0 Å². The van der Waals surface area contributed by atoms with Crippen molar-refractivity contribution in [2.45, 2.75) is 4.90 Å². The molecule has 0 heterocycles. The van der Waals surface area contributed by atoms with Gasteiger partial charge in [0.05, 0.1) is 16.4 Å². The van der Waals surface area contributed by atoms with Gasteiger partial charge in [0, 0.05) is 12.1 Å². The molecule has 86 valence electrons. The highest BCUT2D eigenvalue weighted by Gasteiger charge is 2.14. The Hall–Kier alpha value is -1.80. The average molecular weight is 244 g/mol. The summed E-state index contributed by atoms with van der Waals surface area (Å²) >= 11 is 0. The third kappa shape index (κ3) is 2.84. The van der Waals surface area contributed by atoms with Gasteiger partial charge in [0.15, 0.2) is 0 Å². The summed E-state index contributed by atoms with van der Waals surface area (Å²) < 4.78 is 24.9. The topological polar surface area (TPSA) is 106 Å². The van der Waals surface area contributed by atoms with Gasteiger partial charge in [-0.2, -0.15) is 0 Å². The smallest absolute Gasteiger partial charge is 0.269 e. The number of nitro groups is 1. The number of carbonyl (C=O) groups excluding carboxylic acids is 1. The molecule has 1 aromatic rings. The summed E-state index contributed by atoms with van der Waals surface area (Å²) in [6.07, 6.45) is 0.406. The molecular weight excluding hydrogens is 236 g/mol. The van der Waals surface area contributed by atoms with Crippen LogP contribution in [-0.4, -0.2) is 26.2 Å². The van der Waals surface area contributed by atoms with E-state index in [-0.39, 0.29) is 17.1 Å². The van der Waals surface area contributed by atoms with Crippen molar-refractivity contribution in [2.24, 2.45) is 0 Å². The third-order valence-corrected chi connectivity index (χ3v) is 3.15. The second kappa shape index (κ2) is 4.81. The van der Waals surface area contributed by atoms with E-state index in [1.165, 1.54) is 0 Å². The molecule has 7 nitrogen and oxygen atoms in total. The summed E-state index contributed by atoms with van der Waals surface area (Å²) in [5.41, 5.74) is -0.200. The van der Waals surface area contributed by atoms with E-state index in [1.54, 1.807) is 0 Å². The van der Waals surface area contributed by atoms with E-state index in [9.17, 15) is 23.3 Å². The van der Waals surface area contributed by atoms with E-state index in [4.69, 9.17) is 0 Å². The standard InChI is InChI=1S/C8H8N2O5S/c11-6-5-9-16(14,15)8-3-1-7(2-4-8)10(12)13/h1-4,6,9H,5H2. The summed E-state index contributed by atoms with van der Waals surface area (Å²) in [5, 5.41) is 10.3. The molecule has 0 fully saturated rings. The van der Waals surface area contributed by atoms with Gasteiger partial charge in [0.2, 0.25) is 10.0 Å². The Balaban J connectivity index is 2.97. The highest BCUT2D eigenvalue weighted by Crippen LogP contribution is 2.15. The van der Waals surface area contributed by atoms with E-state index in [0.717, 1.165) is 24.3 Å². The summed E-state index contributed by atoms with van der Waals surface area (Å²) in [6, 6.07) is 4.36. The Morgan fingerprint density at radius 2 is 1.88 bits per heavy atom. The number of nitrogens with one attached hydrogen (secondary N) is 1. The average Bonchev–Trinajstić information content (AvgIpc) is 2.26. The van der Waals surface area contributed by atoms with Crippen LogP contribution < -0.4 is 4.72 Å². The maximum Gasteiger partial charge on any atom is 0.269 e. The maximum absolute atomic E-state index is 11.4. The van der Waals surface area contributed by atoms with Crippen molar-refractivity contribution >= 4 is 22.0 Å². The monoisotopic (exact) mass is 244 g/mol. The highest BCUT2D eigenvalue weighted by molar-refractivity contribution is 7.89. The van der Waals surface area contributed by atoms with Crippen molar-refractivity contribution in [2.75, 3.05) is 6.54 Å². The van der Waals surface area contributed by atoms with Crippen molar-refractivity contribution in [1.29, 1.82) is 0 Å². The summed E-state index contributed by atoms with van der Waals surface area (Å²) in [4.78, 5) is 19.6. The normalized spacial score (nSPS) is 11.0. The molecule has 0 amide bonds. The summed E-state index contributed by atoms with van der Waals surface area (Å²) in [5.74, 6) is 0. The van der Waals surface area contributed by atoms with Crippen LogP contribution in [0.15, 0.2) is 29.2 Å². The van der Waals surface area contributed by atoms with E-state index in [0.29, 0.717) is 6.29 Å². The van der Waals surface area contributed by atoms with Gasteiger partial charge in [-0.15, -0.1) is 0 Å². The zero-order valence-electron chi connectivity index (χ0n) is 7.99. The van der Waals surface area contributed by atoms with Crippen LogP contribution in [0, 0.1) is 10.1 Å². The van der Waals surface area contributed by atoms with Crippen LogP contribution in [0.1, 0.15) is 0 Å². The van der Waals surface area contributed by atoms with Gasteiger partial charge in [-0.3, -0.25) is 10.1 Å². The van der Waals surface area contributed by atoms with Crippen molar-refractivity contribution < 1.29 is 18.1 Å². The molecule has 1 rings (SSSR count). The van der Waals surface area contributed by atoms with Gasteiger partial charge in [-0.1, -0.05) is 0 Å². The minimum absolute atomic E-state index is 0.125. The molecule has 0 aliphatic heterocycles. The van der Waals surface area contributed by atoms with Crippen LogP contribution >= 0.6 is 0 Å². The largest absolute Gasteiger partial charge is 0.302 e. The predicted octanol–water partition coefficient (Wildman–Crippen LogP) is 0.0720. The predicted molar refractivity (Wildman–Crippen MR) is 54.3 cm³/mol. The minimum atomic E-state index is -3.77. The Kier molecular flexibility index (Phi) is 3.69. The molecule has 0 radical (unpaired) electrons. The van der Waals surface area contributed by atoms with Gasteiger partial charge in [-0.05, 0) is 12.1 Å². The second-order valence-corrected chi connectivity index (χ2v) is 4.54. The minimum Gasteiger partial charge on any atom is -0.302 e. The van der Waals surface area contributed by atoms with Crippen LogP contribution in [0.4, 0.5) is 5.69 Å². The Morgan fingerprint density at radius 3 is 2.31 bits per heavy atom. The van der Waals surface area contributed by atoms with Gasteiger partial charge in [-0.25, -0.2) is 13.1 Å². The van der Waals surface area contributed by atoms with Gasteiger partial charge >= 0.3 is 0 Å². The summed E-state index contributed by atoms with van der Waals surface area (Å²) in [7, 11) is -3.77.